The predicted octanol–water partition coefficient (Wildman–Crippen LogP) is 2.64. The van der Waals surface area contributed by atoms with E-state index in [0.29, 0.717) is 16.3 Å². The van der Waals surface area contributed by atoms with E-state index in [1.807, 2.05) is 0 Å². The molecular formula is C19H22ClN3O5S. The van der Waals surface area contributed by atoms with Crippen molar-refractivity contribution in [1.29, 1.82) is 0 Å². The van der Waals surface area contributed by atoms with Gasteiger partial charge < -0.3 is 14.5 Å². The van der Waals surface area contributed by atoms with Gasteiger partial charge in [0.25, 0.3) is 5.91 Å². The molecule has 0 saturated carbocycles. The minimum absolute atomic E-state index is 0.113. The van der Waals surface area contributed by atoms with E-state index in [1.165, 1.54) is 18.9 Å². The van der Waals surface area contributed by atoms with Gasteiger partial charge in [0.2, 0.25) is 5.91 Å². The fraction of sp³-hybridized carbons (Fsp3) is 0.316. The lowest BCUT2D eigenvalue weighted by Gasteiger charge is -2.07. The van der Waals surface area contributed by atoms with Crippen molar-refractivity contribution < 1.29 is 23.9 Å². The van der Waals surface area contributed by atoms with E-state index in [2.05, 4.69) is 15.8 Å². The molecule has 0 aliphatic heterocycles. The second-order valence-electron chi connectivity index (χ2n) is 6.00. The average molecular weight is 440 g/mol. The summed E-state index contributed by atoms with van der Waals surface area (Å²) >= 11 is 7.13. The number of hydrogen-bond donors (Lipinski definition) is 3. The summed E-state index contributed by atoms with van der Waals surface area (Å²) in [6.45, 7) is 3.69. The molecule has 8 nitrogen and oxygen atoms in total. The smallest absolute Gasteiger partial charge is 0.340 e. The van der Waals surface area contributed by atoms with Crippen LogP contribution in [0.2, 0.25) is 5.02 Å². The number of benzene rings is 1. The van der Waals surface area contributed by atoms with E-state index < -0.39 is 11.9 Å². The number of amides is 2. The minimum atomic E-state index is -0.564. The van der Waals surface area contributed by atoms with Crippen molar-refractivity contribution in [2.24, 2.45) is 0 Å². The molecule has 2 amide bonds. The van der Waals surface area contributed by atoms with Gasteiger partial charge in [0, 0.05) is 22.7 Å². The topological polar surface area (TPSA) is 110 Å². The lowest BCUT2D eigenvalue weighted by molar-refractivity contribution is -0.119. The number of esters is 1. The lowest BCUT2D eigenvalue weighted by Crippen LogP contribution is -2.42. The zero-order chi connectivity index (χ0) is 21.4. The fourth-order valence-corrected chi connectivity index (χ4v) is 3.30. The molecule has 1 aromatic carbocycles. The van der Waals surface area contributed by atoms with Crippen LogP contribution in [0.1, 0.15) is 32.1 Å². The quantitative estimate of drug-likeness (QED) is 0.252. The molecule has 0 spiro atoms. The number of hydrazine groups is 1. The molecule has 0 fully saturated rings. The van der Waals surface area contributed by atoms with Gasteiger partial charge in [0.05, 0.1) is 17.9 Å². The average Bonchev–Trinajstić information content (AvgIpc) is 3.00. The Morgan fingerprint density at radius 1 is 1.10 bits per heavy atom. The van der Waals surface area contributed by atoms with Gasteiger partial charge in [-0.15, -0.1) is 11.8 Å². The molecule has 0 aliphatic carbocycles. The molecule has 0 aliphatic rings. The predicted molar refractivity (Wildman–Crippen MR) is 110 cm³/mol. The van der Waals surface area contributed by atoms with Crippen LogP contribution in [0.15, 0.2) is 29.2 Å². The Kier molecular flexibility index (Phi) is 8.56. The third-order valence-electron chi connectivity index (χ3n) is 3.89. The van der Waals surface area contributed by atoms with Gasteiger partial charge in [-0.1, -0.05) is 11.6 Å². The number of aryl methyl sites for hydroxylation is 1. The van der Waals surface area contributed by atoms with Crippen molar-refractivity contribution in [1.82, 2.24) is 15.8 Å². The Morgan fingerprint density at radius 2 is 1.79 bits per heavy atom. The van der Waals surface area contributed by atoms with Gasteiger partial charge >= 0.3 is 5.97 Å². The molecule has 1 aromatic heterocycles. The normalized spacial score (nSPS) is 10.5. The summed E-state index contributed by atoms with van der Waals surface area (Å²) in [5.41, 5.74) is 6.09. The number of H-pyrrole nitrogens is 1. The highest BCUT2D eigenvalue weighted by molar-refractivity contribution is 8.00. The first-order valence-electron chi connectivity index (χ1n) is 8.66. The number of halogens is 1. The Labute approximate surface area is 177 Å². The van der Waals surface area contributed by atoms with E-state index in [4.69, 9.17) is 21.1 Å². The van der Waals surface area contributed by atoms with Crippen LogP contribution in [-0.2, 0) is 14.3 Å². The number of ether oxygens (including phenoxy) is 2. The minimum Gasteiger partial charge on any atom is -0.460 e. The molecule has 0 radical (unpaired) electrons. The number of carbonyl (C=O) groups is 3. The molecular weight excluding hydrogens is 418 g/mol. The van der Waals surface area contributed by atoms with E-state index in [9.17, 15) is 14.4 Å². The van der Waals surface area contributed by atoms with Gasteiger partial charge in [0.1, 0.15) is 12.3 Å². The van der Waals surface area contributed by atoms with Gasteiger partial charge in [-0.25, -0.2) is 4.79 Å². The van der Waals surface area contributed by atoms with Gasteiger partial charge in [-0.2, -0.15) is 0 Å². The molecule has 29 heavy (non-hydrogen) atoms. The Hall–Kier alpha value is -2.49. The van der Waals surface area contributed by atoms with Crippen molar-refractivity contribution in [3.8, 4) is 0 Å². The van der Waals surface area contributed by atoms with Gasteiger partial charge in [0.15, 0.2) is 0 Å². The van der Waals surface area contributed by atoms with E-state index in [1.54, 1.807) is 38.1 Å². The van der Waals surface area contributed by atoms with Crippen molar-refractivity contribution in [2.75, 3.05) is 26.1 Å². The highest BCUT2D eigenvalue weighted by Gasteiger charge is 2.23. The van der Waals surface area contributed by atoms with Gasteiger partial charge in [-0.05, 0) is 43.7 Å². The van der Waals surface area contributed by atoms with Gasteiger partial charge in [-0.3, -0.25) is 20.4 Å². The Balaban J connectivity index is 1.90. The van der Waals surface area contributed by atoms with E-state index in [0.717, 1.165) is 4.90 Å². The van der Waals surface area contributed by atoms with Crippen molar-refractivity contribution >= 4 is 41.1 Å². The number of hydrogen-bond acceptors (Lipinski definition) is 6. The first-order chi connectivity index (χ1) is 13.8. The molecule has 156 valence electrons. The van der Waals surface area contributed by atoms with Crippen LogP contribution in [0.5, 0.6) is 0 Å². The maximum absolute atomic E-state index is 12.4. The van der Waals surface area contributed by atoms with E-state index in [-0.39, 0.29) is 36.1 Å². The SMILES string of the molecule is COCCOC(=O)c1c(C)[nH]c(C(=O)NNC(=O)CSc2ccc(Cl)cc2)c1C. The first-order valence-corrected chi connectivity index (χ1v) is 10.0. The van der Waals surface area contributed by atoms with Crippen molar-refractivity contribution in [3.05, 3.63) is 51.8 Å². The summed E-state index contributed by atoms with van der Waals surface area (Å²) in [6, 6.07) is 7.07. The number of aromatic amines is 1. The summed E-state index contributed by atoms with van der Waals surface area (Å²) in [5, 5.41) is 0.615. The zero-order valence-corrected chi connectivity index (χ0v) is 17.8. The summed E-state index contributed by atoms with van der Waals surface area (Å²) < 4.78 is 9.95. The number of rotatable bonds is 8. The number of nitrogens with one attached hydrogen (secondary N) is 3. The maximum Gasteiger partial charge on any atom is 0.340 e. The monoisotopic (exact) mass is 439 g/mol. The summed E-state index contributed by atoms with van der Waals surface area (Å²) in [5.74, 6) is -1.37. The first kappa shape index (κ1) is 22.8. The molecule has 0 saturated heterocycles. The van der Waals surface area contributed by atoms with Crippen LogP contribution < -0.4 is 10.9 Å². The van der Waals surface area contributed by atoms with Crippen LogP contribution in [0.3, 0.4) is 0 Å². The summed E-state index contributed by atoms with van der Waals surface area (Å²) in [7, 11) is 1.51. The van der Waals surface area contributed by atoms with Crippen molar-refractivity contribution in [3.63, 3.8) is 0 Å². The number of aromatic nitrogens is 1. The molecule has 1 heterocycles. The standard InChI is InChI=1S/C19H22ClN3O5S/c1-11-16(19(26)28-9-8-27-3)12(2)21-17(11)18(25)23-22-15(24)10-29-14-6-4-13(20)5-7-14/h4-7,21H,8-10H2,1-3H3,(H,22,24)(H,23,25). The fourth-order valence-electron chi connectivity index (χ4n) is 2.48. The maximum atomic E-state index is 12.4. The van der Waals surface area contributed by atoms with Crippen LogP contribution in [0.25, 0.3) is 0 Å². The Morgan fingerprint density at radius 3 is 2.45 bits per heavy atom. The number of carbonyl (C=O) groups excluding carboxylic acids is 3. The molecule has 10 heteroatoms. The highest BCUT2D eigenvalue weighted by atomic mass is 35.5. The van der Waals surface area contributed by atoms with Crippen LogP contribution in [0.4, 0.5) is 0 Å². The second kappa shape index (κ2) is 10.9. The number of thioether (sulfide) groups is 1. The largest absolute Gasteiger partial charge is 0.460 e. The third kappa shape index (κ3) is 6.52. The molecule has 3 N–H and O–H groups in total. The summed E-state index contributed by atoms with van der Waals surface area (Å²) in [4.78, 5) is 40.3. The molecule has 0 atom stereocenters. The van der Waals surface area contributed by atoms with Crippen LogP contribution in [0, 0.1) is 13.8 Å². The van der Waals surface area contributed by atoms with E-state index >= 15 is 0 Å². The number of methoxy groups -OCH3 is 1. The molecule has 2 rings (SSSR count). The summed E-state index contributed by atoms with van der Waals surface area (Å²) in [6.07, 6.45) is 0. The molecule has 0 bridgehead atoms. The molecule has 0 unspecified atom stereocenters. The van der Waals surface area contributed by atoms with Crippen LogP contribution in [-0.4, -0.2) is 48.8 Å². The second-order valence-corrected chi connectivity index (χ2v) is 7.48. The molecule has 2 aromatic rings. The Bertz CT molecular complexity index is 883. The third-order valence-corrected chi connectivity index (χ3v) is 5.15. The lowest BCUT2D eigenvalue weighted by atomic mass is 10.1. The van der Waals surface area contributed by atoms with Crippen LogP contribution >= 0.6 is 23.4 Å². The zero-order valence-electron chi connectivity index (χ0n) is 16.3. The van der Waals surface area contributed by atoms with Crippen molar-refractivity contribution in [2.45, 2.75) is 18.7 Å². The highest BCUT2D eigenvalue weighted by Crippen LogP contribution is 2.20.